The predicted octanol–water partition coefficient (Wildman–Crippen LogP) is 2.95. The zero-order valence-electron chi connectivity index (χ0n) is 13.5. The predicted molar refractivity (Wildman–Crippen MR) is 93.6 cm³/mol. The highest BCUT2D eigenvalue weighted by Gasteiger charge is 2.29. The SMILES string of the molecule is Cc1ccsc1CCNC(=O)C(c1cccnc1)N1CCCC1. The third kappa shape index (κ3) is 3.98. The van der Waals surface area contributed by atoms with Gasteiger partial charge < -0.3 is 5.32 Å². The van der Waals surface area contributed by atoms with Gasteiger partial charge in [-0.25, -0.2) is 0 Å². The lowest BCUT2D eigenvalue weighted by atomic mass is 10.1. The molecular formula is C18H23N3OS. The van der Waals surface area contributed by atoms with Crippen molar-refractivity contribution in [2.24, 2.45) is 0 Å². The molecule has 23 heavy (non-hydrogen) atoms. The Morgan fingerprint density at radius 2 is 2.22 bits per heavy atom. The van der Waals surface area contributed by atoms with Gasteiger partial charge in [0, 0.05) is 23.8 Å². The minimum absolute atomic E-state index is 0.0918. The van der Waals surface area contributed by atoms with Gasteiger partial charge in [0.1, 0.15) is 6.04 Å². The molecule has 5 heteroatoms. The molecule has 0 aliphatic carbocycles. The molecule has 1 unspecified atom stereocenters. The van der Waals surface area contributed by atoms with E-state index >= 15 is 0 Å². The first-order valence-electron chi connectivity index (χ1n) is 8.20. The summed E-state index contributed by atoms with van der Waals surface area (Å²) in [5, 5.41) is 5.23. The summed E-state index contributed by atoms with van der Waals surface area (Å²) >= 11 is 1.76. The number of carbonyl (C=O) groups is 1. The van der Waals surface area contributed by atoms with Crippen LogP contribution in [0.4, 0.5) is 0 Å². The molecule has 1 fully saturated rings. The molecule has 0 spiro atoms. The molecule has 2 aromatic rings. The number of hydrogen-bond acceptors (Lipinski definition) is 4. The first-order valence-corrected chi connectivity index (χ1v) is 9.08. The molecule has 2 aromatic heterocycles. The first-order chi connectivity index (χ1) is 11.3. The molecule has 4 nitrogen and oxygen atoms in total. The lowest BCUT2D eigenvalue weighted by Crippen LogP contribution is -2.40. The number of nitrogens with one attached hydrogen (secondary N) is 1. The van der Waals surface area contributed by atoms with Crippen molar-refractivity contribution >= 4 is 17.2 Å². The second-order valence-electron chi connectivity index (χ2n) is 6.00. The molecule has 0 aromatic carbocycles. The summed E-state index contributed by atoms with van der Waals surface area (Å²) in [6, 6.07) is 5.82. The molecule has 1 N–H and O–H groups in total. The molecule has 0 saturated carbocycles. The number of aromatic nitrogens is 1. The van der Waals surface area contributed by atoms with E-state index in [-0.39, 0.29) is 11.9 Å². The Morgan fingerprint density at radius 3 is 2.87 bits per heavy atom. The largest absolute Gasteiger partial charge is 0.354 e. The van der Waals surface area contributed by atoms with Crippen LogP contribution in [0.25, 0.3) is 0 Å². The quantitative estimate of drug-likeness (QED) is 0.886. The molecule has 1 aliphatic rings. The maximum atomic E-state index is 12.8. The molecule has 3 heterocycles. The number of aryl methyl sites for hydroxylation is 1. The lowest BCUT2D eigenvalue weighted by Gasteiger charge is -2.26. The maximum absolute atomic E-state index is 12.8. The zero-order valence-corrected chi connectivity index (χ0v) is 14.3. The van der Waals surface area contributed by atoms with Gasteiger partial charge in [0.2, 0.25) is 5.91 Å². The average Bonchev–Trinajstić information content (AvgIpc) is 3.21. The lowest BCUT2D eigenvalue weighted by molar-refractivity contribution is -0.126. The molecule has 122 valence electrons. The highest BCUT2D eigenvalue weighted by atomic mass is 32.1. The van der Waals surface area contributed by atoms with Crippen LogP contribution in [0.1, 0.15) is 34.9 Å². The Balaban J connectivity index is 1.64. The van der Waals surface area contributed by atoms with Crippen LogP contribution in [0.15, 0.2) is 36.0 Å². The van der Waals surface area contributed by atoms with Crippen LogP contribution < -0.4 is 5.32 Å². The number of hydrogen-bond donors (Lipinski definition) is 1. The second kappa shape index (κ2) is 7.70. The molecule has 0 bridgehead atoms. The minimum Gasteiger partial charge on any atom is -0.354 e. The molecule has 3 rings (SSSR count). The average molecular weight is 329 g/mol. The van der Waals surface area contributed by atoms with Crippen molar-refractivity contribution in [1.82, 2.24) is 15.2 Å². The number of rotatable bonds is 6. The summed E-state index contributed by atoms with van der Waals surface area (Å²) in [5.41, 5.74) is 2.30. The van der Waals surface area contributed by atoms with Gasteiger partial charge in [-0.2, -0.15) is 0 Å². The number of carbonyl (C=O) groups excluding carboxylic acids is 1. The van der Waals surface area contributed by atoms with Crippen LogP contribution >= 0.6 is 11.3 Å². The minimum atomic E-state index is -0.212. The topological polar surface area (TPSA) is 45.2 Å². The van der Waals surface area contributed by atoms with Crippen LogP contribution in [-0.2, 0) is 11.2 Å². The van der Waals surface area contributed by atoms with Crippen molar-refractivity contribution in [1.29, 1.82) is 0 Å². The Hall–Kier alpha value is -1.72. The maximum Gasteiger partial charge on any atom is 0.242 e. The van der Waals surface area contributed by atoms with Crippen molar-refractivity contribution in [3.05, 3.63) is 52.0 Å². The van der Waals surface area contributed by atoms with E-state index in [1.54, 1.807) is 17.5 Å². The van der Waals surface area contributed by atoms with Crippen LogP contribution in [-0.4, -0.2) is 35.4 Å². The van der Waals surface area contributed by atoms with Gasteiger partial charge >= 0.3 is 0 Å². The van der Waals surface area contributed by atoms with E-state index in [9.17, 15) is 4.79 Å². The standard InChI is InChI=1S/C18H23N3OS/c1-14-7-12-23-16(14)6-9-20-18(22)17(21-10-2-3-11-21)15-5-4-8-19-13-15/h4-5,7-8,12-13,17H,2-3,6,9-11H2,1H3,(H,20,22). The monoisotopic (exact) mass is 329 g/mol. The van der Waals surface area contributed by atoms with E-state index in [0.717, 1.165) is 25.1 Å². The fraction of sp³-hybridized carbons (Fsp3) is 0.444. The van der Waals surface area contributed by atoms with Gasteiger partial charge in [0.25, 0.3) is 0 Å². The number of nitrogens with zero attached hydrogens (tertiary/aromatic N) is 2. The van der Waals surface area contributed by atoms with Crippen LogP contribution in [0, 0.1) is 6.92 Å². The Labute approximate surface area is 141 Å². The Morgan fingerprint density at radius 1 is 1.39 bits per heavy atom. The normalized spacial score (nSPS) is 16.4. The highest BCUT2D eigenvalue weighted by Crippen LogP contribution is 2.25. The molecule has 0 radical (unpaired) electrons. The third-order valence-electron chi connectivity index (χ3n) is 4.37. The van der Waals surface area contributed by atoms with E-state index in [4.69, 9.17) is 0 Å². The highest BCUT2D eigenvalue weighted by molar-refractivity contribution is 7.10. The van der Waals surface area contributed by atoms with E-state index in [0.29, 0.717) is 6.54 Å². The number of thiophene rings is 1. The van der Waals surface area contributed by atoms with E-state index in [1.165, 1.54) is 23.3 Å². The van der Waals surface area contributed by atoms with Gasteiger partial charge in [-0.1, -0.05) is 6.07 Å². The number of amides is 1. The van der Waals surface area contributed by atoms with Crippen LogP contribution in [0.5, 0.6) is 0 Å². The van der Waals surface area contributed by atoms with E-state index < -0.39 is 0 Å². The first kappa shape index (κ1) is 16.1. The number of likely N-dealkylation sites (tertiary alicyclic amines) is 1. The van der Waals surface area contributed by atoms with Crippen molar-refractivity contribution in [2.45, 2.75) is 32.2 Å². The fourth-order valence-electron chi connectivity index (χ4n) is 3.12. The summed E-state index contributed by atoms with van der Waals surface area (Å²) in [4.78, 5) is 20.6. The third-order valence-corrected chi connectivity index (χ3v) is 5.46. The smallest absolute Gasteiger partial charge is 0.242 e. The van der Waals surface area contributed by atoms with E-state index in [1.807, 2.05) is 18.3 Å². The Bertz CT molecular complexity index is 635. The van der Waals surface area contributed by atoms with Gasteiger partial charge in [0.15, 0.2) is 0 Å². The second-order valence-corrected chi connectivity index (χ2v) is 7.00. The summed E-state index contributed by atoms with van der Waals surface area (Å²) in [6.45, 7) is 4.77. The van der Waals surface area contributed by atoms with Gasteiger partial charge in [-0.3, -0.25) is 14.7 Å². The summed E-state index contributed by atoms with van der Waals surface area (Å²) in [7, 11) is 0. The number of pyridine rings is 1. The van der Waals surface area contributed by atoms with Gasteiger partial charge in [-0.15, -0.1) is 11.3 Å². The van der Waals surface area contributed by atoms with Gasteiger partial charge in [-0.05, 0) is 67.9 Å². The van der Waals surface area contributed by atoms with Gasteiger partial charge in [0.05, 0.1) is 0 Å². The fourth-order valence-corrected chi connectivity index (χ4v) is 4.03. The zero-order chi connectivity index (χ0) is 16.1. The van der Waals surface area contributed by atoms with Crippen LogP contribution in [0.3, 0.4) is 0 Å². The van der Waals surface area contributed by atoms with E-state index in [2.05, 4.69) is 33.6 Å². The van der Waals surface area contributed by atoms with Crippen molar-refractivity contribution in [3.8, 4) is 0 Å². The van der Waals surface area contributed by atoms with Crippen molar-refractivity contribution in [3.63, 3.8) is 0 Å². The van der Waals surface area contributed by atoms with Crippen molar-refractivity contribution in [2.75, 3.05) is 19.6 Å². The summed E-state index contributed by atoms with van der Waals surface area (Å²) < 4.78 is 0. The molecule has 1 saturated heterocycles. The molecule has 1 atom stereocenters. The molecule has 1 amide bonds. The summed E-state index contributed by atoms with van der Waals surface area (Å²) in [6.07, 6.45) is 6.79. The Kier molecular flexibility index (Phi) is 5.41. The molecular weight excluding hydrogens is 306 g/mol. The van der Waals surface area contributed by atoms with Crippen LogP contribution in [0.2, 0.25) is 0 Å². The molecule has 1 aliphatic heterocycles. The van der Waals surface area contributed by atoms with Crippen molar-refractivity contribution < 1.29 is 4.79 Å². The summed E-state index contributed by atoms with van der Waals surface area (Å²) in [5.74, 6) is 0.0918.